The van der Waals surface area contributed by atoms with Crippen molar-refractivity contribution < 1.29 is 14.3 Å². The van der Waals surface area contributed by atoms with E-state index >= 15 is 0 Å². The molecule has 0 unspecified atom stereocenters. The maximum Gasteiger partial charge on any atom is 0.230 e. The second-order valence-corrected chi connectivity index (χ2v) is 9.49. The monoisotopic (exact) mass is 492 g/mol. The van der Waals surface area contributed by atoms with Crippen LogP contribution in [0, 0.1) is 5.92 Å². The zero-order valence-electron chi connectivity index (χ0n) is 20.3. The molecule has 2 heterocycles. The molecule has 8 heteroatoms. The zero-order valence-corrected chi connectivity index (χ0v) is 21.1. The molecule has 1 amide bonds. The summed E-state index contributed by atoms with van der Waals surface area (Å²) < 4.78 is 10.8. The van der Waals surface area contributed by atoms with Gasteiger partial charge in [0, 0.05) is 37.6 Å². The molecule has 4 rings (SSSR count). The van der Waals surface area contributed by atoms with Crippen LogP contribution in [0.4, 0.5) is 5.82 Å². The van der Waals surface area contributed by atoms with Crippen LogP contribution in [-0.2, 0) is 17.8 Å². The third-order valence-corrected chi connectivity index (χ3v) is 7.20. The van der Waals surface area contributed by atoms with Gasteiger partial charge in [-0.25, -0.2) is 9.97 Å². The van der Waals surface area contributed by atoms with Gasteiger partial charge in [0.05, 0.1) is 20.0 Å². The van der Waals surface area contributed by atoms with E-state index in [1.807, 2.05) is 18.2 Å². The minimum absolute atomic E-state index is 0.0713. The Morgan fingerprint density at radius 1 is 1.03 bits per heavy atom. The second-order valence-electron chi connectivity index (χ2n) is 8.52. The van der Waals surface area contributed by atoms with E-state index in [1.165, 1.54) is 17.3 Å². The average Bonchev–Trinajstić information content (AvgIpc) is 2.91. The topological polar surface area (TPSA) is 76.6 Å². The maximum atomic E-state index is 12.6. The Morgan fingerprint density at radius 3 is 2.54 bits per heavy atom. The van der Waals surface area contributed by atoms with Crippen molar-refractivity contribution in [1.29, 1.82) is 0 Å². The number of piperidine rings is 1. The smallest absolute Gasteiger partial charge is 0.230 e. The lowest BCUT2D eigenvalue weighted by atomic mass is 9.90. The van der Waals surface area contributed by atoms with Gasteiger partial charge in [-0.05, 0) is 36.8 Å². The number of thioether (sulfide) groups is 1. The van der Waals surface area contributed by atoms with Crippen LogP contribution in [-0.4, -0.2) is 48.9 Å². The number of hydrogen-bond acceptors (Lipinski definition) is 7. The fourth-order valence-corrected chi connectivity index (χ4v) is 5.22. The van der Waals surface area contributed by atoms with Crippen LogP contribution in [0.3, 0.4) is 0 Å². The van der Waals surface area contributed by atoms with Crippen LogP contribution >= 0.6 is 11.8 Å². The minimum Gasteiger partial charge on any atom is -0.493 e. The fourth-order valence-electron chi connectivity index (χ4n) is 4.40. The van der Waals surface area contributed by atoms with E-state index in [0.29, 0.717) is 24.0 Å². The van der Waals surface area contributed by atoms with E-state index in [-0.39, 0.29) is 11.7 Å². The van der Waals surface area contributed by atoms with Crippen molar-refractivity contribution >= 4 is 23.5 Å². The maximum absolute atomic E-state index is 12.6. The van der Waals surface area contributed by atoms with Gasteiger partial charge in [0.25, 0.3) is 0 Å². The molecule has 1 aliphatic rings. The normalized spacial score (nSPS) is 13.9. The molecule has 0 saturated carbocycles. The molecule has 0 bridgehead atoms. The number of anilines is 1. The summed E-state index contributed by atoms with van der Waals surface area (Å²) in [5.74, 6) is 3.03. The highest BCUT2D eigenvalue weighted by Gasteiger charge is 2.23. The molecule has 1 aromatic heterocycles. The summed E-state index contributed by atoms with van der Waals surface area (Å²) in [6.07, 6.45) is 6.78. The van der Waals surface area contributed by atoms with Gasteiger partial charge >= 0.3 is 0 Å². The van der Waals surface area contributed by atoms with E-state index in [9.17, 15) is 4.79 Å². The molecule has 1 aliphatic heterocycles. The van der Waals surface area contributed by atoms with Gasteiger partial charge in [0.2, 0.25) is 5.91 Å². The number of amides is 1. The number of nitrogens with one attached hydrogen (secondary N) is 1. The van der Waals surface area contributed by atoms with Crippen molar-refractivity contribution in [3.63, 3.8) is 0 Å². The first-order valence-electron chi connectivity index (χ1n) is 11.9. The molecule has 0 spiro atoms. The Labute approximate surface area is 211 Å². The summed E-state index contributed by atoms with van der Waals surface area (Å²) in [5.41, 5.74) is 2.27. The van der Waals surface area contributed by atoms with Crippen molar-refractivity contribution in [3.8, 4) is 11.5 Å². The van der Waals surface area contributed by atoms with Crippen molar-refractivity contribution in [2.75, 3.05) is 38.0 Å². The van der Waals surface area contributed by atoms with Crippen LogP contribution in [0.15, 0.2) is 66.0 Å². The number of para-hydroxylation sites is 1. The predicted molar refractivity (Wildman–Crippen MR) is 139 cm³/mol. The number of ether oxygens (including phenoxy) is 2. The standard InChI is InChI=1S/C27H32N4O3S/c1-33-23-10-6-9-22(25(23)34-2)18-30-24(32)19-35-27-26(28-13-14-29-27)31-15-11-21(12-16-31)17-20-7-4-3-5-8-20/h3-10,13-14,21H,11-12,15-19H2,1-2H3,(H,30,32). The third kappa shape index (κ3) is 6.66. The van der Waals surface area contributed by atoms with Crippen LogP contribution in [0.5, 0.6) is 11.5 Å². The summed E-state index contributed by atoms with van der Waals surface area (Å²) in [5, 5.41) is 3.76. The van der Waals surface area contributed by atoms with E-state index in [2.05, 4.69) is 50.5 Å². The SMILES string of the molecule is COc1cccc(CNC(=O)CSc2nccnc2N2CCC(Cc3ccccc3)CC2)c1OC. The Morgan fingerprint density at radius 2 is 1.80 bits per heavy atom. The summed E-state index contributed by atoms with van der Waals surface area (Å²) >= 11 is 1.42. The Bertz CT molecular complexity index is 1100. The summed E-state index contributed by atoms with van der Waals surface area (Å²) in [4.78, 5) is 24.0. The third-order valence-electron chi connectivity index (χ3n) is 6.23. The number of hydrogen-bond donors (Lipinski definition) is 1. The lowest BCUT2D eigenvalue weighted by Gasteiger charge is -2.33. The van der Waals surface area contributed by atoms with Gasteiger partial charge in [0.15, 0.2) is 17.3 Å². The molecular formula is C27H32N4O3S. The van der Waals surface area contributed by atoms with Crippen LogP contribution in [0.1, 0.15) is 24.0 Å². The first-order valence-corrected chi connectivity index (χ1v) is 12.9. The fraction of sp³-hybridized carbons (Fsp3) is 0.370. The summed E-state index contributed by atoms with van der Waals surface area (Å²) in [6.45, 7) is 2.26. The number of aromatic nitrogens is 2. The number of carbonyl (C=O) groups excluding carboxylic acids is 1. The Balaban J connectivity index is 1.29. The van der Waals surface area contributed by atoms with Crippen LogP contribution in [0.2, 0.25) is 0 Å². The summed E-state index contributed by atoms with van der Waals surface area (Å²) in [7, 11) is 3.19. The number of benzene rings is 2. The molecule has 1 saturated heterocycles. The second kappa shape index (κ2) is 12.4. The first-order chi connectivity index (χ1) is 17.2. The number of nitrogens with zero attached hydrogens (tertiary/aromatic N) is 3. The highest BCUT2D eigenvalue weighted by Crippen LogP contribution is 2.32. The van der Waals surface area contributed by atoms with Gasteiger partial charge in [-0.2, -0.15) is 0 Å². The molecule has 7 nitrogen and oxygen atoms in total. The highest BCUT2D eigenvalue weighted by molar-refractivity contribution is 8.00. The largest absolute Gasteiger partial charge is 0.493 e. The average molecular weight is 493 g/mol. The van der Waals surface area contributed by atoms with E-state index < -0.39 is 0 Å². The molecule has 3 aromatic rings. The quantitative estimate of drug-likeness (QED) is 0.421. The van der Waals surface area contributed by atoms with Gasteiger partial charge in [-0.1, -0.05) is 54.2 Å². The van der Waals surface area contributed by atoms with Crippen molar-refractivity contribution in [2.45, 2.75) is 30.8 Å². The van der Waals surface area contributed by atoms with Crippen molar-refractivity contribution in [3.05, 3.63) is 72.1 Å². The molecule has 0 atom stereocenters. The minimum atomic E-state index is -0.0713. The van der Waals surface area contributed by atoms with Gasteiger partial charge in [0.1, 0.15) is 5.03 Å². The van der Waals surface area contributed by atoms with Crippen LogP contribution in [0.25, 0.3) is 0 Å². The zero-order chi connectivity index (χ0) is 24.5. The van der Waals surface area contributed by atoms with Gasteiger partial charge in [-0.15, -0.1) is 0 Å². The lowest BCUT2D eigenvalue weighted by molar-refractivity contribution is -0.118. The van der Waals surface area contributed by atoms with E-state index in [1.54, 1.807) is 26.6 Å². The number of methoxy groups -OCH3 is 2. The number of rotatable bonds is 10. The van der Waals surface area contributed by atoms with E-state index in [0.717, 1.165) is 48.8 Å². The Kier molecular flexibility index (Phi) is 8.84. The molecule has 1 fully saturated rings. The number of carbonyl (C=O) groups is 1. The van der Waals surface area contributed by atoms with Gasteiger partial charge < -0.3 is 19.7 Å². The van der Waals surface area contributed by atoms with Gasteiger partial charge in [-0.3, -0.25) is 4.79 Å². The Hall–Kier alpha value is -3.26. The molecule has 35 heavy (non-hydrogen) atoms. The lowest BCUT2D eigenvalue weighted by Crippen LogP contribution is -2.35. The molecule has 2 aromatic carbocycles. The molecular weight excluding hydrogens is 460 g/mol. The molecule has 1 N–H and O–H groups in total. The highest BCUT2D eigenvalue weighted by atomic mass is 32.2. The molecule has 0 aliphatic carbocycles. The molecule has 0 radical (unpaired) electrons. The van der Waals surface area contributed by atoms with Crippen molar-refractivity contribution in [1.82, 2.24) is 15.3 Å². The van der Waals surface area contributed by atoms with Crippen molar-refractivity contribution in [2.24, 2.45) is 5.92 Å². The predicted octanol–water partition coefficient (Wildman–Crippen LogP) is 4.36. The van der Waals surface area contributed by atoms with Crippen LogP contribution < -0.4 is 19.7 Å². The summed E-state index contributed by atoms with van der Waals surface area (Å²) in [6, 6.07) is 16.3. The molecule has 184 valence electrons. The van der Waals surface area contributed by atoms with E-state index in [4.69, 9.17) is 9.47 Å². The first kappa shape index (κ1) is 24.9.